The number of aromatic carboxylic acids is 1. The molecule has 1 atom stereocenters. The number of benzene rings is 1. The molecule has 2 rings (SSSR count). The second kappa shape index (κ2) is 6.26. The first-order chi connectivity index (χ1) is 9.90. The lowest BCUT2D eigenvalue weighted by atomic mass is 10.1. The fourth-order valence-electron chi connectivity index (χ4n) is 2.31. The van der Waals surface area contributed by atoms with Gasteiger partial charge in [-0.1, -0.05) is 17.8 Å². The Morgan fingerprint density at radius 2 is 2.19 bits per heavy atom. The number of carbonyl (C=O) groups is 3. The lowest BCUT2D eigenvalue weighted by Gasteiger charge is -2.19. The van der Waals surface area contributed by atoms with E-state index in [0.29, 0.717) is 12.3 Å². The van der Waals surface area contributed by atoms with Gasteiger partial charge in [0.25, 0.3) is 0 Å². The van der Waals surface area contributed by atoms with Crippen LogP contribution in [0.15, 0.2) is 18.2 Å². The van der Waals surface area contributed by atoms with Crippen LogP contribution in [0.4, 0.5) is 10.1 Å². The molecule has 5 nitrogen and oxygen atoms in total. The van der Waals surface area contributed by atoms with Gasteiger partial charge in [-0.25, -0.2) is 9.18 Å². The Balaban J connectivity index is 2.23. The highest BCUT2D eigenvalue weighted by Crippen LogP contribution is 2.31. The summed E-state index contributed by atoms with van der Waals surface area (Å²) in [7, 11) is 0. The number of halogens is 1. The highest BCUT2D eigenvalue weighted by atomic mass is 32.2. The molecule has 0 radical (unpaired) electrons. The number of hydrogen-bond donors (Lipinski definition) is 1. The van der Waals surface area contributed by atoms with Gasteiger partial charge in [-0.05, 0) is 18.1 Å². The summed E-state index contributed by atoms with van der Waals surface area (Å²) in [5.74, 6) is -2.07. The number of carboxylic acid groups (broad SMARTS) is 1. The third-order valence-electron chi connectivity index (χ3n) is 3.22. The molecule has 1 aromatic rings. The molecule has 1 fully saturated rings. The number of thioether (sulfide) groups is 1. The van der Waals surface area contributed by atoms with E-state index in [1.807, 2.05) is 0 Å². The van der Waals surface area contributed by atoms with E-state index >= 15 is 0 Å². The molecule has 1 amide bonds. The molecule has 1 aliphatic heterocycles. The second-order valence-corrected chi connectivity index (χ2v) is 6.01. The number of rotatable bonds is 4. The van der Waals surface area contributed by atoms with Gasteiger partial charge in [0.05, 0.1) is 5.69 Å². The fourth-order valence-corrected chi connectivity index (χ4v) is 3.00. The molecule has 0 aliphatic carbocycles. The minimum Gasteiger partial charge on any atom is -0.478 e. The summed E-state index contributed by atoms with van der Waals surface area (Å²) in [5, 5.41) is 9.08. The van der Waals surface area contributed by atoms with Crippen molar-refractivity contribution < 1.29 is 23.9 Å². The van der Waals surface area contributed by atoms with Gasteiger partial charge >= 0.3 is 5.97 Å². The number of anilines is 1. The molecule has 112 valence electrons. The molecule has 0 saturated carbocycles. The molecule has 0 aromatic heterocycles. The van der Waals surface area contributed by atoms with Crippen molar-refractivity contribution in [3.05, 3.63) is 29.6 Å². The lowest BCUT2D eigenvalue weighted by Crippen LogP contribution is -2.27. The minimum absolute atomic E-state index is 0.0297. The molecule has 1 aliphatic rings. The topological polar surface area (TPSA) is 74.7 Å². The zero-order valence-corrected chi connectivity index (χ0v) is 12.2. The highest BCUT2D eigenvalue weighted by molar-refractivity contribution is 8.13. The summed E-state index contributed by atoms with van der Waals surface area (Å²) in [6.45, 7) is 1.75. The van der Waals surface area contributed by atoms with E-state index in [0.717, 1.165) is 17.8 Å². The average molecular weight is 311 g/mol. The van der Waals surface area contributed by atoms with E-state index in [4.69, 9.17) is 5.11 Å². The monoisotopic (exact) mass is 311 g/mol. The Bertz CT molecular complexity index is 605. The molecule has 21 heavy (non-hydrogen) atoms. The summed E-state index contributed by atoms with van der Waals surface area (Å²) in [6, 6.07) is 3.85. The van der Waals surface area contributed by atoms with Crippen molar-refractivity contribution in [2.24, 2.45) is 5.92 Å². The minimum atomic E-state index is -1.41. The quantitative estimate of drug-likeness (QED) is 0.922. The molecular weight excluding hydrogens is 297 g/mol. The first kappa shape index (κ1) is 15.5. The van der Waals surface area contributed by atoms with Crippen molar-refractivity contribution in [3.63, 3.8) is 0 Å². The van der Waals surface area contributed by atoms with Crippen molar-refractivity contribution >= 4 is 34.4 Å². The van der Waals surface area contributed by atoms with E-state index in [9.17, 15) is 18.8 Å². The summed E-state index contributed by atoms with van der Waals surface area (Å²) in [4.78, 5) is 35.5. The van der Waals surface area contributed by atoms with Crippen LogP contribution in [-0.4, -0.2) is 34.4 Å². The van der Waals surface area contributed by atoms with Crippen LogP contribution in [0.25, 0.3) is 0 Å². The molecule has 1 N–H and O–H groups in total. The highest BCUT2D eigenvalue weighted by Gasteiger charge is 2.33. The van der Waals surface area contributed by atoms with Crippen LogP contribution in [0.2, 0.25) is 0 Å². The van der Waals surface area contributed by atoms with Crippen LogP contribution in [0.3, 0.4) is 0 Å². The van der Waals surface area contributed by atoms with E-state index < -0.39 is 17.3 Å². The predicted molar refractivity (Wildman–Crippen MR) is 77.0 cm³/mol. The van der Waals surface area contributed by atoms with Crippen LogP contribution in [0.1, 0.15) is 23.7 Å². The van der Waals surface area contributed by atoms with Crippen LogP contribution in [0, 0.1) is 11.7 Å². The third-order valence-corrected chi connectivity index (χ3v) is 4.27. The largest absolute Gasteiger partial charge is 0.478 e. The van der Waals surface area contributed by atoms with Gasteiger partial charge in [-0.2, -0.15) is 0 Å². The molecule has 1 unspecified atom stereocenters. The Morgan fingerprint density at radius 1 is 1.48 bits per heavy atom. The van der Waals surface area contributed by atoms with Gasteiger partial charge in [-0.15, -0.1) is 0 Å². The number of carbonyl (C=O) groups excluding carboxylic acids is 2. The van der Waals surface area contributed by atoms with Crippen molar-refractivity contribution in [1.82, 2.24) is 0 Å². The normalized spacial score (nSPS) is 18.1. The van der Waals surface area contributed by atoms with E-state index in [-0.39, 0.29) is 29.0 Å². The maximum absolute atomic E-state index is 13.7. The maximum atomic E-state index is 13.7. The average Bonchev–Trinajstić information content (AvgIpc) is 2.76. The molecule has 0 bridgehead atoms. The molecule has 1 saturated heterocycles. The number of nitrogens with zero attached hydrogens (tertiary/aromatic N) is 1. The van der Waals surface area contributed by atoms with E-state index in [2.05, 4.69) is 0 Å². The van der Waals surface area contributed by atoms with Gasteiger partial charge in [0, 0.05) is 25.6 Å². The molecule has 0 spiro atoms. The smallest absolute Gasteiger partial charge is 0.340 e. The van der Waals surface area contributed by atoms with Crippen molar-refractivity contribution in [2.45, 2.75) is 13.3 Å². The fraction of sp³-hybridized carbons (Fsp3) is 0.357. The van der Waals surface area contributed by atoms with Gasteiger partial charge in [0.2, 0.25) is 5.91 Å². The number of hydrogen-bond acceptors (Lipinski definition) is 4. The summed E-state index contributed by atoms with van der Waals surface area (Å²) >= 11 is 1.13. The maximum Gasteiger partial charge on any atom is 0.340 e. The van der Waals surface area contributed by atoms with Crippen LogP contribution >= 0.6 is 11.8 Å². The zero-order valence-electron chi connectivity index (χ0n) is 11.3. The molecule has 7 heteroatoms. The first-order valence-electron chi connectivity index (χ1n) is 6.35. The zero-order chi connectivity index (χ0) is 15.6. The van der Waals surface area contributed by atoms with E-state index in [1.165, 1.54) is 24.0 Å². The van der Waals surface area contributed by atoms with Crippen molar-refractivity contribution in [1.29, 1.82) is 0 Å². The Morgan fingerprint density at radius 3 is 2.81 bits per heavy atom. The summed E-state index contributed by atoms with van der Waals surface area (Å²) in [6.07, 6.45) is 0.232. The van der Waals surface area contributed by atoms with Gasteiger partial charge in [0.1, 0.15) is 11.4 Å². The van der Waals surface area contributed by atoms with Gasteiger partial charge in [0.15, 0.2) is 5.12 Å². The number of amides is 1. The third kappa shape index (κ3) is 3.41. The number of carboxylic acids is 1. The van der Waals surface area contributed by atoms with Crippen molar-refractivity contribution in [2.75, 3.05) is 17.2 Å². The Labute approximate surface area is 125 Å². The Kier molecular flexibility index (Phi) is 4.62. The molecule has 1 aromatic carbocycles. The van der Waals surface area contributed by atoms with E-state index in [1.54, 1.807) is 0 Å². The first-order valence-corrected chi connectivity index (χ1v) is 7.34. The standard InChI is InChI=1S/C14H14FNO4S/c1-8(17)21-7-9-5-12(18)16(6-9)11-4-2-3-10(15)13(11)14(19)20/h2-4,9H,5-7H2,1H3,(H,19,20). The lowest BCUT2D eigenvalue weighted by molar-refractivity contribution is -0.117. The summed E-state index contributed by atoms with van der Waals surface area (Å²) in [5.41, 5.74) is -0.423. The summed E-state index contributed by atoms with van der Waals surface area (Å²) < 4.78 is 13.7. The molecule has 1 heterocycles. The Hall–Kier alpha value is -1.89. The predicted octanol–water partition coefficient (Wildman–Crippen LogP) is 2.16. The second-order valence-electron chi connectivity index (χ2n) is 4.82. The molecular formula is C14H14FNO4S. The SMILES string of the molecule is CC(=O)SCC1CC(=O)N(c2cccc(F)c2C(=O)O)C1. The van der Waals surface area contributed by atoms with Crippen molar-refractivity contribution in [3.8, 4) is 0 Å². The van der Waals surface area contributed by atoms with Crippen LogP contribution in [0.5, 0.6) is 0 Å². The van der Waals surface area contributed by atoms with Gasteiger partial charge < -0.3 is 10.0 Å². The van der Waals surface area contributed by atoms with Gasteiger partial charge in [-0.3, -0.25) is 9.59 Å². The van der Waals surface area contributed by atoms with Crippen LogP contribution < -0.4 is 4.90 Å². The van der Waals surface area contributed by atoms with Crippen LogP contribution in [-0.2, 0) is 9.59 Å².